The molecule has 1 fully saturated rings. The van der Waals surface area contributed by atoms with Gasteiger partial charge in [0.15, 0.2) is 0 Å². The lowest BCUT2D eigenvalue weighted by molar-refractivity contribution is 0.555. The number of nitrogens with zero attached hydrogens (tertiary/aromatic N) is 2. The minimum absolute atomic E-state index is 0.218. The van der Waals surface area contributed by atoms with Gasteiger partial charge < -0.3 is 11.1 Å². The second-order valence-electron chi connectivity index (χ2n) is 4.09. The van der Waals surface area contributed by atoms with Crippen molar-refractivity contribution in [3.8, 4) is 0 Å². The number of nitrogen functional groups attached to an aromatic ring is 1. The Morgan fingerprint density at radius 1 is 1.47 bits per heavy atom. The molecule has 0 bridgehead atoms. The van der Waals surface area contributed by atoms with Crippen LogP contribution < -0.4 is 11.1 Å². The predicted octanol–water partition coefficient (Wildman–Crippen LogP) is 2.31. The summed E-state index contributed by atoms with van der Waals surface area (Å²) in [6.07, 6.45) is 3.72. The Kier molecular flexibility index (Phi) is 2.95. The van der Waals surface area contributed by atoms with Crippen LogP contribution in [0.1, 0.15) is 26.2 Å². The van der Waals surface area contributed by atoms with Crippen LogP contribution in [-0.2, 0) is 0 Å². The fourth-order valence-corrected chi connectivity index (χ4v) is 2.25. The molecule has 4 nitrogen and oxygen atoms in total. The van der Waals surface area contributed by atoms with Gasteiger partial charge in [0, 0.05) is 12.1 Å². The van der Waals surface area contributed by atoms with E-state index < -0.39 is 0 Å². The normalized spacial score (nSPS) is 25.5. The summed E-state index contributed by atoms with van der Waals surface area (Å²) >= 11 is 5.80. The van der Waals surface area contributed by atoms with Crippen molar-refractivity contribution in [1.82, 2.24) is 9.97 Å². The first-order valence-electron chi connectivity index (χ1n) is 5.22. The van der Waals surface area contributed by atoms with Crippen molar-refractivity contribution < 1.29 is 0 Å². The van der Waals surface area contributed by atoms with Crippen molar-refractivity contribution in [1.29, 1.82) is 0 Å². The minimum atomic E-state index is 0.218. The first-order valence-corrected chi connectivity index (χ1v) is 5.59. The van der Waals surface area contributed by atoms with E-state index in [1.807, 2.05) is 0 Å². The Hall–Kier alpha value is -1.03. The third-order valence-electron chi connectivity index (χ3n) is 2.91. The zero-order valence-corrected chi connectivity index (χ0v) is 9.46. The molecule has 0 amide bonds. The van der Waals surface area contributed by atoms with E-state index >= 15 is 0 Å². The van der Waals surface area contributed by atoms with Gasteiger partial charge in [-0.1, -0.05) is 24.9 Å². The number of anilines is 2. The van der Waals surface area contributed by atoms with Gasteiger partial charge in [-0.2, -0.15) is 4.98 Å². The summed E-state index contributed by atoms with van der Waals surface area (Å²) in [4.78, 5) is 7.92. The highest BCUT2D eigenvalue weighted by Gasteiger charge is 2.23. The lowest BCUT2D eigenvalue weighted by Gasteiger charge is -2.17. The summed E-state index contributed by atoms with van der Waals surface area (Å²) in [6.45, 7) is 2.25. The topological polar surface area (TPSA) is 63.8 Å². The molecule has 1 aromatic rings. The van der Waals surface area contributed by atoms with Crippen LogP contribution >= 0.6 is 11.6 Å². The van der Waals surface area contributed by atoms with E-state index in [1.165, 1.54) is 19.3 Å². The summed E-state index contributed by atoms with van der Waals surface area (Å²) in [6, 6.07) is 2.19. The molecule has 1 heterocycles. The SMILES string of the molecule is CC1CCCC1Nc1cc(Cl)nc(N)n1. The summed E-state index contributed by atoms with van der Waals surface area (Å²) in [5.74, 6) is 1.63. The Bertz CT molecular complexity index is 335. The fourth-order valence-electron chi connectivity index (χ4n) is 2.06. The largest absolute Gasteiger partial charge is 0.368 e. The summed E-state index contributed by atoms with van der Waals surface area (Å²) in [5.41, 5.74) is 5.52. The van der Waals surface area contributed by atoms with E-state index in [-0.39, 0.29) is 5.95 Å². The van der Waals surface area contributed by atoms with E-state index in [0.717, 1.165) is 5.82 Å². The molecule has 1 aliphatic rings. The molecule has 3 N–H and O–H groups in total. The van der Waals surface area contributed by atoms with Crippen molar-refractivity contribution in [2.45, 2.75) is 32.2 Å². The Balaban J connectivity index is 2.10. The van der Waals surface area contributed by atoms with E-state index in [0.29, 0.717) is 17.1 Å². The van der Waals surface area contributed by atoms with E-state index in [2.05, 4.69) is 22.2 Å². The number of hydrogen-bond acceptors (Lipinski definition) is 4. The monoisotopic (exact) mass is 226 g/mol. The molecular formula is C10H15ClN4. The van der Waals surface area contributed by atoms with Crippen molar-refractivity contribution in [3.63, 3.8) is 0 Å². The van der Waals surface area contributed by atoms with Crippen LogP contribution in [0.25, 0.3) is 0 Å². The van der Waals surface area contributed by atoms with Gasteiger partial charge in [0.2, 0.25) is 5.95 Å². The van der Waals surface area contributed by atoms with Crippen molar-refractivity contribution in [2.75, 3.05) is 11.1 Å². The molecule has 82 valence electrons. The second kappa shape index (κ2) is 4.23. The highest BCUT2D eigenvalue weighted by atomic mass is 35.5. The van der Waals surface area contributed by atoms with Crippen molar-refractivity contribution >= 4 is 23.4 Å². The molecule has 1 saturated carbocycles. The molecular weight excluding hydrogens is 212 g/mol. The molecule has 0 spiro atoms. The number of nitrogens with two attached hydrogens (primary N) is 1. The molecule has 2 rings (SSSR count). The van der Waals surface area contributed by atoms with Crippen LogP contribution in [-0.4, -0.2) is 16.0 Å². The third kappa shape index (κ3) is 2.50. The first kappa shape index (κ1) is 10.5. The molecule has 2 unspecified atom stereocenters. The molecule has 0 aromatic carbocycles. The Morgan fingerprint density at radius 2 is 2.27 bits per heavy atom. The number of halogens is 1. The molecule has 1 aromatic heterocycles. The second-order valence-corrected chi connectivity index (χ2v) is 4.48. The lowest BCUT2D eigenvalue weighted by Crippen LogP contribution is -2.22. The van der Waals surface area contributed by atoms with Crippen LogP contribution in [0.5, 0.6) is 0 Å². The molecule has 0 saturated heterocycles. The standard InChI is InChI=1S/C10H15ClN4/c1-6-3-2-4-7(6)13-9-5-8(11)14-10(12)15-9/h5-7H,2-4H2,1H3,(H3,12,13,14,15). The van der Waals surface area contributed by atoms with Gasteiger partial charge in [0.25, 0.3) is 0 Å². The van der Waals surface area contributed by atoms with Gasteiger partial charge in [-0.15, -0.1) is 0 Å². The minimum Gasteiger partial charge on any atom is -0.368 e. The van der Waals surface area contributed by atoms with E-state index in [4.69, 9.17) is 17.3 Å². The Labute approximate surface area is 94.2 Å². The van der Waals surface area contributed by atoms with Gasteiger partial charge in [0.05, 0.1) is 0 Å². The maximum atomic E-state index is 5.80. The fraction of sp³-hybridized carbons (Fsp3) is 0.600. The zero-order valence-electron chi connectivity index (χ0n) is 8.70. The number of hydrogen-bond donors (Lipinski definition) is 2. The summed E-state index contributed by atoms with van der Waals surface area (Å²) < 4.78 is 0. The molecule has 5 heteroatoms. The number of nitrogens with one attached hydrogen (secondary N) is 1. The smallest absolute Gasteiger partial charge is 0.223 e. The van der Waals surface area contributed by atoms with Crippen LogP contribution in [0.15, 0.2) is 6.07 Å². The zero-order chi connectivity index (χ0) is 10.8. The molecule has 2 atom stereocenters. The van der Waals surface area contributed by atoms with Gasteiger partial charge in [0.1, 0.15) is 11.0 Å². The Morgan fingerprint density at radius 3 is 2.87 bits per heavy atom. The van der Waals surface area contributed by atoms with Crippen LogP contribution in [0.2, 0.25) is 5.15 Å². The molecule has 0 radical (unpaired) electrons. The van der Waals surface area contributed by atoms with Crippen molar-refractivity contribution in [3.05, 3.63) is 11.2 Å². The maximum absolute atomic E-state index is 5.80. The van der Waals surface area contributed by atoms with Gasteiger partial charge >= 0.3 is 0 Å². The molecule has 0 aliphatic heterocycles. The first-order chi connectivity index (χ1) is 7.15. The van der Waals surface area contributed by atoms with Crippen LogP contribution in [0.3, 0.4) is 0 Å². The summed E-state index contributed by atoms with van der Waals surface area (Å²) in [7, 11) is 0. The van der Waals surface area contributed by atoms with Gasteiger partial charge in [-0.05, 0) is 18.8 Å². The third-order valence-corrected chi connectivity index (χ3v) is 3.10. The van der Waals surface area contributed by atoms with Crippen molar-refractivity contribution in [2.24, 2.45) is 5.92 Å². The average molecular weight is 227 g/mol. The van der Waals surface area contributed by atoms with Gasteiger partial charge in [-0.3, -0.25) is 0 Å². The maximum Gasteiger partial charge on any atom is 0.223 e. The highest BCUT2D eigenvalue weighted by Crippen LogP contribution is 2.27. The number of rotatable bonds is 2. The van der Waals surface area contributed by atoms with E-state index in [1.54, 1.807) is 6.07 Å². The quantitative estimate of drug-likeness (QED) is 0.760. The highest BCUT2D eigenvalue weighted by molar-refractivity contribution is 6.29. The summed E-state index contributed by atoms with van der Waals surface area (Å²) in [5, 5.41) is 3.74. The lowest BCUT2D eigenvalue weighted by atomic mass is 10.1. The van der Waals surface area contributed by atoms with E-state index in [9.17, 15) is 0 Å². The average Bonchev–Trinajstić information content (AvgIpc) is 2.50. The van der Waals surface area contributed by atoms with Gasteiger partial charge in [-0.25, -0.2) is 4.98 Å². The molecule has 15 heavy (non-hydrogen) atoms. The van der Waals surface area contributed by atoms with Crippen LogP contribution in [0.4, 0.5) is 11.8 Å². The predicted molar refractivity (Wildman–Crippen MR) is 61.9 cm³/mol. The van der Waals surface area contributed by atoms with Crippen LogP contribution in [0, 0.1) is 5.92 Å². The number of aromatic nitrogens is 2. The molecule has 1 aliphatic carbocycles.